The van der Waals surface area contributed by atoms with Crippen molar-refractivity contribution in [2.75, 3.05) is 6.61 Å². The normalized spacial score (nSPS) is 52.3. The third-order valence-corrected chi connectivity index (χ3v) is 6.14. The Kier molecular flexibility index (Phi) is 2.32. The van der Waals surface area contributed by atoms with E-state index in [0.717, 1.165) is 48.0 Å². The lowest BCUT2D eigenvalue weighted by molar-refractivity contribution is -0.0411. The molecule has 1 nitrogen and oxygen atoms in total. The van der Waals surface area contributed by atoms with Crippen molar-refractivity contribution in [2.24, 2.45) is 41.4 Å². The Labute approximate surface area is 111 Å². The summed E-state index contributed by atoms with van der Waals surface area (Å²) in [5.74, 6) is 6.88. The molecule has 0 radical (unpaired) electrons. The minimum Gasteiger partial charge on any atom is -0.376 e. The fourth-order valence-corrected chi connectivity index (χ4v) is 5.70. The predicted molar refractivity (Wildman–Crippen MR) is 73.1 cm³/mol. The first-order chi connectivity index (χ1) is 8.53. The lowest BCUT2D eigenvalue weighted by Crippen LogP contribution is -2.34. The zero-order valence-corrected chi connectivity index (χ0v) is 11.9. The van der Waals surface area contributed by atoms with Crippen molar-refractivity contribution in [2.45, 2.75) is 45.6 Å². The molecule has 3 saturated carbocycles. The third kappa shape index (κ3) is 1.56. The van der Waals surface area contributed by atoms with Gasteiger partial charge in [0.2, 0.25) is 0 Å². The van der Waals surface area contributed by atoms with Gasteiger partial charge in [0.05, 0.1) is 12.2 Å². The predicted octanol–water partition coefficient (Wildman–Crippen LogP) is 3.90. The topological polar surface area (TPSA) is 9.23 Å². The van der Waals surface area contributed by atoms with Crippen LogP contribution in [0, 0.1) is 41.4 Å². The second-order valence-corrected chi connectivity index (χ2v) is 8.18. The molecule has 4 aliphatic carbocycles. The SMILES string of the molecule is CC(C)(C)OCC1CC2CC1C1C3C=CC(C3)C21. The van der Waals surface area contributed by atoms with Crippen LogP contribution in [0.25, 0.3) is 0 Å². The molecule has 0 spiro atoms. The summed E-state index contributed by atoms with van der Waals surface area (Å²) in [7, 11) is 0. The molecule has 4 aliphatic rings. The van der Waals surface area contributed by atoms with Crippen molar-refractivity contribution >= 4 is 0 Å². The number of allylic oxidation sites excluding steroid dienone is 2. The van der Waals surface area contributed by atoms with Crippen molar-refractivity contribution in [3.05, 3.63) is 12.2 Å². The highest BCUT2D eigenvalue weighted by Gasteiger charge is 2.60. The lowest BCUT2D eigenvalue weighted by Gasteiger charge is -2.37. The minimum atomic E-state index is 0.0375. The highest BCUT2D eigenvalue weighted by Crippen LogP contribution is 2.66. The van der Waals surface area contributed by atoms with Crippen LogP contribution in [0.15, 0.2) is 12.2 Å². The van der Waals surface area contributed by atoms with Gasteiger partial charge in [0.1, 0.15) is 0 Å². The smallest absolute Gasteiger partial charge is 0.0598 e. The highest BCUT2D eigenvalue weighted by molar-refractivity contribution is 5.20. The Morgan fingerprint density at radius 1 is 1.00 bits per heavy atom. The summed E-state index contributed by atoms with van der Waals surface area (Å²) in [4.78, 5) is 0. The molecule has 1 heteroatoms. The molecule has 0 amide bonds. The van der Waals surface area contributed by atoms with Crippen molar-refractivity contribution < 1.29 is 4.74 Å². The fourth-order valence-electron chi connectivity index (χ4n) is 5.70. The number of rotatable bonds is 2. The van der Waals surface area contributed by atoms with Crippen LogP contribution in [-0.4, -0.2) is 12.2 Å². The summed E-state index contributed by atoms with van der Waals surface area (Å²) in [5.41, 5.74) is 0.0375. The van der Waals surface area contributed by atoms with Crippen molar-refractivity contribution in [1.82, 2.24) is 0 Å². The maximum Gasteiger partial charge on any atom is 0.0598 e. The molecule has 100 valence electrons. The summed E-state index contributed by atoms with van der Waals surface area (Å²) >= 11 is 0. The largest absolute Gasteiger partial charge is 0.376 e. The average Bonchev–Trinajstić information content (AvgIpc) is 3.02. The standard InChI is InChI=1S/C17H26O/c1-17(2,3)18-9-13-7-12-8-14(13)16-11-5-4-10(6-11)15(12)16/h4-5,10-16H,6-9H2,1-3H3. The molecule has 0 aliphatic heterocycles. The first-order valence-electron chi connectivity index (χ1n) is 7.85. The molecule has 4 bridgehead atoms. The van der Waals surface area contributed by atoms with Gasteiger partial charge >= 0.3 is 0 Å². The van der Waals surface area contributed by atoms with Gasteiger partial charge in [-0.15, -0.1) is 0 Å². The lowest BCUT2D eigenvalue weighted by atomic mass is 9.69. The van der Waals surface area contributed by atoms with Crippen LogP contribution >= 0.6 is 0 Å². The van der Waals surface area contributed by atoms with Crippen LogP contribution in [0.5, 0.6) is 0 Å². The molecular weight excluding hydrogens is 220 g/mol. The molecule has 0 heterocycles. The Morgan fingerprint density at radius 3 is 2.44 bits per heavy atom. The molecule has 7 atom stereocenters. The molecule has 4 rings (SSSR count). The maximum atomic E-state index is 6.08. The van der Waals surface area contributed by atoms with E-state index in [1.165, 1.54) is 19.3 Å². The summed E-state index contributed by atoms with van der Waals surface area (Å²) in [6.45, 7) is 7.56. The van der Waals surface area contributed by atoms with E-state index < -0.39 is 0 Å². The number of fused-ring (bicyclic) bond motifs is 9. The molecule has 0 saturated heterocycles. The van der Waals surface area contributed by atoms with Gasteiger partial charge in [0.15, 0.2) is 0 Å². The number of ether oxygens (including phenoxy) is 1. The maximum absolute atomic E-state index is 6.08. The number of hydrogen-bond acceptors (Lipinski definition) is 1. The Balaban J connectivity index is 1.47. The van der Waals surface area contributed by atoms with Crippen molar-refractivity contribution in [1.29, 1.82) is 0 Å². The quantitative estimate of drug-likeness (QED) is 0.530. The summed E-state index contributed by atoms with van der Waals surface area (Å²) < 4.78 is 6.08. The Morgan fingerprint density at radius 2 is 1.72 bits per heavy atom. The van der Waals surface area contributed by atoms with E-state index in [4.69, 9.17) is 4.74 Å². The van der Waals surface area contributed by atoms with Crippen LogP contribution in [0.3, 0.4) is 0 Å². The van der Waals surface area contributed by atoms with E-state index in [1.807, 2.05) is 0 Å². The molecule has 18 heavy (non-hydrogen) atoms. The van der Waals surface area contributed by atoms with Gasteiger partial charge in [0, 0.05) is 0 Å². The minimum absolute atomic E-state index is 0.0375. The molecule has 0 N–H and O–H groups in total. The van der Waals surface area contributed by atoms with Gasteiger partial charge in [-0.05, 0) is 81.5 Å². The zero-order chi connectivity index (χ0) is 12.5. The van der Waals surface area contributed by atoms with E-state index in [-0.39, 0.29) is 5.60 Å². The van der Waals surface area contributed by atoms with Gasteiger partial charge in [-0.1, -0.05) is 12.2 Å². The van der Waals surface area contributed by atoms with Gasteiger partial charge < -0.3 is 4.74 Å². The molecule has 0 aromatic carbocycles. The summed E-state index contributed by atoms with van der Waals surface area (Å²) in [5, 5.41) is 0. The van der Waals surface area contributed by atoms with Crippen LogP contribution in [0.4, 0.5) is 0 Å². The number of hydrogen-bond donors (Lipinski definition) is 0. The van der Waals surface area contributed by atoms with E-state index in [1.54, 1.807) is 0 Å². The molecule has 3 fully saturated rings. The molecular formula is C17H26O. The second-order valence-electron chi connectivity index (χ2n) is 8.18. The third-order valence-electron chi connectivity index (χ3n) is 6.14. The Bertz CT molecular complexity index is 378. The first-order valence-corrected chi connectivity index (χ1v) is 7.85. The van der Waals surface area contributed by atoms with Crippen LogP contribution in [0.2, 0.25) is 0 Å². The monoisotopic (exact) mass is 246 g/mol. The van der Waals surface area contributed by atoms with Gasteiger partial charge in [-0.2, -0.15) is 0 Å². The molecule has 0 aromatic rings. The van der Waals surface area contributed by atoms with E-state index >= 15 is 0 Å². The second kappa shape index (κ2) is 3.62. The summed E-state index contributed by atoms with van der Waals surface area (Å²) in [6.07, 6.45) is 9.53. The van der Waals surface area contributed by atoms with Crippen LogP contribution in [-0.2, 0) is 4.74 Å². The molecule has 7 unspecified atom stereocenters. The first kappa shape index (κ1) is 11.5. The van der Waals surface area contributed by atoms with E-state index in [0.29, 0.717) is 0 Å². The van der Waals surface area contributed by atoms with Gasteiger partial charge in [-0.3, -0.25) is 0 Å². The van der Waals surface area contributed by atoms with Gasteiger partial charge in [-0.25, -0.2) is 0 Å². The van der Waals surface area contributed by atoms with E-state index in [9.17, 15) is 0 Å². The van der Waals surface area contributed by atoms with Crippen LogP contribution in [0.1, 0.15) is 40.0 Å². The summed E-state index contributed by atoms with van der Waals surface area (Å²) in [6, 6.07) is 0. The average molecular weight is 246 g/mol. The van der Waals surface area contributed by atoms with Gasteiger partial charge in [0.25, 0.3) is 0 Å². The highest BCUT2D eigenvalue weighted by atomic mass is 16.5. The van der Waals surface area contributed by atoms with Crippen molar-refractivity contribution in [3.63, 3.8) is 0 Å². The van der Waals surface area contributed by atoms with Crippen LogP contribution < -0.4 is 0 Å². The van der Waals surface area contributed by atoms with Crippen molar-refractivity contribution in [3.8, 4) is 0 Å². The molecule has 0 aromatic heterocycles. The zero-order valence-electron chi connectivity index (χ0n) is 11.9. The fraction of sp³-hybridized carbons (Fsp3) is 0.882. The Hall–Kier alpha value is -0.300. The van der Waals surface area contributed by atoms with E-state index in [2.05, 4.69) is 32.9 Å².